The van der Waals surface area contributed by atoms with E-state index in [4.69, 9.17) is 11.5 Å². The zero-order valence-corrected chi connectivity index (χ0v) is 14.0. The van der Waals surface area contributed by atoms with Crippen LogP contribution in [0.25, 0.3) is 0 Å². The molecule has 0 fully saturated rings. The van der Waals surface area contributed by atoms with Crippen molar-refractivity contribution in [1.82, 2.24) is 16.0 Å². The molecule has 0 aromatic heterocycles. The zero-order valence-electron chi connectivity index (χ0n) is 14.0. The van der Waals surface area contributed by atoms with Crippen molar-refractivity contribution in [3.05, 3.63) is 0 Å². The minimum atomic E-state index is -0.566. The summed E-state index contributed by atoms with van der Waals surface area (Å²) in [6.07, 6.45) is 9.64. The highest BCUT2D eigenvalue weighted by atomic mass is 16.1. The molecule has 1 atom stereocenters. The first-order valence-electron chi connectivity index (χ1n) is 8.12. The van der Waals surface area contributed by atoms with Gasteiger partial charge in [0, 0.05) is 6.42 Å². The van der Waals surface area contributed by atoms with Crippen LogP contribution in [-0.4, -0.2) is 38.9 Å². The smallest absolute Gasteiger partial charge is 0.217 e. The van der Waals surface area contributed by atoms with Crippen LogP contribution in [-0.2, 0) is 4.79 Å². The Morgan fingerprint density at radius 1 is 0.952 bits per heavy atom. The lowest BCUT2D eigenvalue weighted by Gasteiger charge is -2.37. The molecular weight excluding hydrogens is 266 g/mol. The Morgan fingerprint density at radius 3 is 1.86 bits per heavy atom. The molecule has 0 saturated carbocycles. The maximum atomic E-state index is 10.6. The highest BCUT2D eigenvalue weighted by molar-refractivity contribution is 5.73. The van der Waals surface area contributed by atoms with Gasteiger partial charge in [0.2, 0.25) is 5.91 Å². The van der Waals surface area contributed by atoms with Gasteiger partial charge in [-0.25, -0.2) is 0 Å². The molecule has 0 heterocycles. The molecule has 126 valence electrons. The normalized spacial score (nSPS) is 13.3. The van der Waals surface area contributed by atoms with Gasteiger partial charge in [-0.2, -0.15) is 0 Å². The van der Waals surface area contributed by atoms with Crippen molar-refractivity contribution in [3.8, 4) is 0 Å². The summed E-state index contributed by atoms with van der Waals surface area (Å²) in [5.41, 5.74) is 11.4. The predicted octanol–water partition coefficient (Wildman–Crippen LogP) is 0.622. The Morgan fingerprint density at radius 2 is 1.43 bits per heavy atom. The van der Waals surface area contributed by atoms with Crippen molar-refractivity contribution in [2.75, 3.05) is 21.1 Å². The molecule has 0 aromatic carbocycles. The number of likely N-dealkylation sites (N-methyl/N-ethyl adjacent to an activating group) is 3. The number of unbranched alkanes of at least 4 members (excludes halogenated alkanes) is 6. The fourth-order valence-corrected chi connectivity index (χ4v) is 2.60. The van der Waals surface area contributed by atoms with Crippen LogP contribution in [0.15, 0.2) is 0 Å². The number of hydrogen-bond donors (Lipinski definition) is 5. The maximum Gasteiger partial charge on any atom is 0.217 e. The summed E-state index contributed by atoms with van der Waals surface area (Å²) in [5.74, 6) is -0.754. The van der Waals surface area contributed by atoms with Crippen molar-refractivity contribution in [1.29, 1.82) is 0 Å². The van der Waals surface area contributed by atoms with E-state index in [1.165, 1.54) is 25.7 Å². The van der Waals surface area contributed by atoms with Gasteiger partial charge in [0.15, 0.2) is 0 Å². The number of carbonyl (C=O) groups is 1. The third-order valence-corrected chi connectivity index (χ3v) is 4.14. The molecule has 7 N–H and O–H groups in total. The Hall–Kier alpha value is -0.690. The SMILES string of the molecule is CNC(CCCCCCCCCC(N)=O)C(N)(NC)NC. The summed E-state index contributed by atoms with van der Waals surface area (Å²) in [6.45, 7) is 0. The van der Waals surface area contributed by atoms with Crippen LogP contribution in [0.2, 0.25) is 0 Å². The molecule has 6 heteroatoms. The first kappa shape index (κ1) is 20.3. The van der Waals surface area contributed by atoms with Gasteiger partial charge in [-0.1, -0.05) is 38.5 Å². The zero-order chi connectivity index (χ0) is 16.1. The van der Waals surface area contributed by atoms with E-state index >= 15 is 0 Å². The number of primary amides is 1. The first-order chi connectivity index (χ1) is 10.00. The fourth-order valence-electron chi connectivity index (χ4n) is 2.60. The van der Waals surface area contributed by atoms with Gasteiger partial charge in [-0.05, 0) is 34.0 Å². The second-order valence-electron chi connectivity index (χ2n) is 5.69. The third-order valence-electron chi connectivity index (χ3n) is 4.14. The summed E-state index contributed by atoms with van der Waals surface area (Å²) >= 11 is 0. The Balaban J connectivity index is 3.62. The molecule has 0 radical (unpaired) electrons. The summed E-state index contributed by atoms with van der Waals surface area (Å²) in [7, 11) is 5.68. The third kappa shape index (κ3) is 9.03. The monoisotopic (exact) mass is 301 g/mol. The molecule has 0 aliphatic rings. The molecule has 0 bridgehead atoms. The largest absolute Gasteiger partial charge is 0.370 e. The molecule has 1 unspecified atom stereocenters. The van der Waals surface area contributed by atoms with Crippen LogP contribution in [0.4, 0.5) is 0 Å². The van der Waals surface area contributed by atoms with Gasteiger partial charge in [0.1, 0.15) is 5.79 Å². The second kappa shape index (κ2) is 11.9. The summed E-state index contributed by atoms with van der Waals surface area (Å²) in [4.78, 5) is 10.6. The average molecular weight is 301 g/mol. The van der Waals surface area contributed by atoms with Crippen LogP contribution in [0, 0.1) is 0 Å². The van der Waals surface area contributed by atoms with Gasteiger partial charge < -0.3 is 11.1 Å². The minimum absolute atomic E-state index is 0.188. The van der Waals surface area contributed by atoms with Crippen LogP contribution >= 0.6 is 0 Å². The molecule has 6 nitrogen and oxygen atoms in total. The van der Waals surface area contributed by atoms with Crippen LogP contribution in [0.1, 0.15) is 57.8 Å². The van der Waals surface area contributed by atoms with Crippen LogP contribution < -0.4 is 27.4 Å². The van der Waals surface area contributed by atoms with Crippen LogP contribution in [0.5, 0.6) is 0 Å². The topological polar surface area (TPSA) is 105 Å². The van der Waals surface area contributed by atoms with E-state index in [0.29, 0.717) is 6.42 Å². The maximum absolute atomic E-state index is 10.6. The van der Waals surface area contributed by atoms with E-state index in [1.54, 1.807) is 0 Å². The molecule has 0 rings (SSSR count). The lowest BCUT2D eigenvalue weighted by Crippen LogP contribution is -2.71. The summed E-state index contributed by atoms with van der Waals surface area (Å²) in [5, 5.41) is 9.54. The molecule has 0 saturated heterocycles. The predicted molar refractivity (Wildman–Crippen MR) is 88.6 cm³/mol. The van der Waals surface area contributed by atoms with Gasteiger partial charge in [-0.15, -0.1) is 0 Å². The molecule has 0 aromatic rings. The van der Waals surface area contributed by atoms with Gasteiger partial charge >= 0.3 is 0 Å². The van der Waals surface area contributed by atoms with E-state index < -0.39 is 5.79 Å². The van der Waals surface area contributed by atoms with Crippen molar-refractivity contribution >= 4 is 5.91 Å². The molecule has 0 spiro atoms. The van der Waals surface area contributed by atoms with E-state index in [2.05, 4.69) is 16.0 Å². The Kier molecular flexibility index (Phi) is 11.5. The van der Waals surface area contributed by atoms with Gasteiger partial charge in [-0.3, -0.25) is 21.2 Å². The molecule has 1 amide bonds. The number of rotatable bonds is 14. The molecule has 0 aliphatic heterocycles. The fraction of sp³-hybridized carbons (Fsp3) is 0.933. The molecule has 21 heavy (non-hydrogen) atoms. The van der Waals surface area contributed by atoms with Crippen molar-refractivity contribution < 1.29 is 4.79 Å². The first-order valence-corrected chi connectivity index (χ1v) is 8.12. The number of nitrogens with one attached hydrogen (secondary N) is 3. The highest BCUT2D eigenvalue weighted by Crippen LogP contribution is 2.13. The van der Waals surface area contributed by atoms with E-state index in [9.17, 15) is 4.79 Å². The van der Waals surface area contributed by atoms with E-state index in [0.717, 1.165) is 25.7 Å². The van der Waals surface area contributed by atoms with E-state index in [-0.39, 0.29) is 11.9 Å². The lowest BCUT2D eigenvalue weighted by molar-refractivity contribution is -0.118. The number of hydrogen-bond acceptors (Lipinski definition) is 5. The van der Waals surface area contributed by atoms with Crippen LogP contribution in [0.3, 0.4) is 0 Å². The average Bonchev–Trinajstić information content (AvgIpc) is 2.48. The number of nitrogens with two attached hydrogens (primary N) is 2. The quantitative estimate of drug-likeness (QED) is 0.239. The molecule has 0 aliphatic carbocycles. The second-order valence-corrected chi connectivity index (χ2v) is 5.69. The van der Waals surface area contributed by atoms with Gasteiger partial charge in [0.25, 0.3) is 0 Å². The molecular formula is C15H35N5O. The number of carbonyl (C=O) groups excluding carboxylic acids is 1. The van der Waals surface area contributed by atoms with Crippen molar-refractivity contribution in [2.24, 2.45) is 11.5 Å². The lowest BCUT2D eigenvalue weighted by atomic mass is 10.0. The summed E-state index contributed by atoms with van der Waals surface area (Å²) < 4.78 is 0. The van der Waals surface area contributed by atoms with Crippen molar-refractivity contribution in [2.45, 2.75) is 69.6 Å². The van der Waals surface area contributed by atoms with Crippen molar-refractivity contribution in [3.63, 3.8) is 0 Å². The minimum Gasteiger partial charge on any atom is -0.370 e. The standard InChI is InChI=1S/C15H35N5O/c1-18-13(15(17,19-2)20-3)11-9-7-5-4-6-8-10-12-14(16)21/h13,18-20H,4-12,17H2,1-3H3,(H2,16,21). The highest BCUT2D eigenvalue weighted by Gasteiger charge is 2.29. The van der Waals surface area contributed by atoms with E-state index in [1.807, 2.05) is 21.1 Å². The summed E-state index contributed by atoms with van der Waals surface area (Å²) in [6, 6.07) is 0.197. The van der Waals surface area contributed by atoms with Gasteiger partial charge in [0.05, 0.1) is 6.04 Å². The Bertz CT molecular complexity index is 269. The Labute approximate surface area is 129 Å². The number of amides is 1.